The second-order valence-electron chi connectivity index (χ2n) is 6.74. The van der Waals surface area contributed by atoms with Crippen LogP contribution in [0.1, 0.15) is 13.8 Å². The minimum Gasteiger partial charge on any atom is -0.494 e. The number of amides is 3. The molecule has 0 spiro atoms. The Kier molecular flexibility index (Phi) is 6.21. The van der Waals surface area contributed by atoms with Gasteiger partial charge in [0.15, 0.2) is 0 Å². The number of piperazine rings is 1. The molecule has 10 heteroatoms. The predicted molar refractivity (Wildman–Crippen MR) is 103 cm³/mol. The van der Waals surface area contributed by atoms with E-state index in [0.717, 1.165) is 0 Å². The fourth-order valence-electron chi connectivity index (χ4n) is 3.42. The van der Waals surface area contributed by atoms with Crippen LogP contribution in [0.15, 0.2) is 29.2 Å². The lowest BCUT2D eigenvalue weighted by Crippen LogP contribution is -2.55. The van der Waals surface area contributed by atoms with Crippen LogP contribution >= 0.6 is 0 Å². The third-order valence-corrected chi connectivity index (χ3v) is 6.99. The highest BCUT2D eigenvalue weighted by Gasteiger charge is 2.35. The highest BCUT2D eigenvalue weighted by Crippen LogP contribution is 2.21. The van der Waals surface area contributed by atoms with E-state index in [9.17, 15) is 18.0 Å². The van der Waals surface area contributed by atoms with Gasteiger partial charge in [0, 0.05) is 39.3 Å². The van der Waals surface area contributed by atoms with Gasteiger partial charge in [-0.3, -0.25) is 14.6 Å². The number of hydrogen-bond donors (Lipinski definition) is 1. The fourth-order valence-corrected chi connectivity index (χ4v) is 4.84. The number of hydrogen-bond acceptors (Lipinski definition) is 6. The summed E-state index contributed by atoms with van der Waals surface area (Å²) in [7, 11) is -3.60. The van der Waals surface area contributed by atoms with E-state index >= 15 is 0 Å². The molecule has 0 radical (unpaired) electrons. The molecule has 1 atom stereocenters. The molecule has 3 rings (SSSR count). The number of imide groups is 1. The van der Waals surface area contributed by atoms with E-state index in [1.807, 2.05) is 11.8 Å². The summed E-state index contributed by atoms with van der Waals surface area (Å²) in [6, 6.07) is 5.55. The van der Waals surface area contributed by atoms with Crippen LogP contribution in [0, 0.1) is 0 Å². The number of carbonyl (C=O) groups is 2. The molecule has 0 saturated carbocycles. The summed E-state index contributed by atoms with van der Waals surface area (Å²) in [5, 5.41) is 2.62. The Morgan fingerprint density at radius 1 is 1.14 bits per heavy atom. The van der Waals surface area contributed by atoms with E-state index in [2.05, 4.69) is 5.32 Å². The first-order chi connectivity index (χ1) is 13.3. The molecule has 9 nitrogen and oxygen atoms in total. The molecule has 2 saturated heterocycles. The van der Waals surface area contributed by atoms with Gasteiger partial charge in [-0.05, 0) is 38.1 Å². The Bertz CT molecular complexity index is 819. The Balaban J connectivity index is 1.60. The molecule has 154 valence electrons. The van der Waals surface area contributed by atoms with E-state index in [1.54, 1.807) is 31.2 Å². The van der Waals surface area contributed by atoms with Crippen molar-refractivity contribution < 1.29 is 22.7 Å². The van der Waals surface area contributed by atoms with Gasteiger partial charge in [-0.1, -0.05) is 0 Å². The molecular weight excluding hydrogens is 384 g/mol. The summed E-state index contributed by atoms with van der Waals surface area (Å²) in [6.45, 7) is 6.41. The zero-order chi connectivity index (χ0) is 20.3. The van der Waals surface area contributed by atoms with Crippen LogP contribution in [0.4, 0.5) is 4.79 Å². The van der Waals surface area contributed by atoms with E-state index in [4.69, 9.17) is 4.74 Å². The van der Waals surface area contributed by atoms with Crippen molar-refractivity contribution in [3.8, 4) is 5.75 Å². The Labute approximate surface area is 165 Å². The second kappa shape index (κ2) is 8.46. The van der Waals surface area contributed by atoms with Crippen LogP contribution in [0.5, 0.6) is 5.75 Å². The van der Waals surface area contributed by atoms with Gasteiger partial charge in [0.2, 0.25) is 15.9 Å². The first kappa shape index (κ1) is 20.6. The highest BCUT2D eigenvalue weighted by atomic mass is 32.2. The largest absolute Gasteiger partial charge is 0.494 e. The monoisotopic (exact) mass is 410 g/mol. The number of rotatable bonds is 6. The van der Waals surface area contributed by atoms with Gasteiger partial charge >= 0.3 is 6.03 Å². The zero-order valence-corrected chi connectivity index (χ0v) is 16.9. The Hall–Kier alpha value is -2.17. The van der Waals surface area contributed by atoms with Gasteiger partial charge in [-0.25, -0.2) is 13.2 Å². The van der Waals surface area contributed by atoms with Crippen molar-refractivity contribution in [3.05, 3.63) is 24.3 Å². The molecule has 1 aromatic rings. The molecular formula is C18H26N4O5S. The summed E-state index contributed by atoms with van der Waals surface area (Å²) in [5.41, 5.74) is 0. The SMILES string of the molecule is CCOc1ccc(S(=O)(=O)N2CCN([C@H](C)C(=O)N3CCNC3=O)CC2)cc1. The maximum absolute atomic E-state index is 12.9. The van der Waals surface area contributed by atoms with Crippen LogP contribution in [-0.2, 0) is 14.8 Å². The first-order valence-electron chi connectivity index (χ1n) is 9.41. The van der Waals surface area contributed by atoms with E-state index in [-0.39, 0.29) is 16.8 Å². The number of ether oxygens (including phenoxy) is 1. The number of carbonyl (C=O) groups excluding carboxylic acids is 2. The van der Waals surface area contributed by atoms with Gasteiger partial charge in [0.1, 0.15) is 5.75 Å². The van der Waals surface area contributed by atoms with Crippen molar-refractivity contribution in [2.45, 2.75) is 24.8 Å². The third kappa shape index (κ3) is 4.13. The van der Waals surface area contributed by atoms with E-state index in [0.29, 0.717) is 51.6 Å². The number of nitrogens with one attached hydrogen (secondary N) is 1. The van der Waals surface area contributed by atoms with Gasteiger partial charge in [0.25, 0.3) is 0 Å². The van der Waals surface area contributed by atoms with Crippen LogP contribution in [-0.4, -0.2) is 86.4 Å². The number of urea groups is 1. The summed E-state index contributed by atoms with van der Waals surface area (Å²) >= 11 is 0. The molecule has 2 aliphatic rings. The molecule has 28 heavy (non-hydrogen) atoms. The van der Waals surface area contributed by atoms with Crippen molar-refractivity contribution in [1.29, 1.82) is 0 Å². The summed E-state index contributed by atoms with van der Waals surface area (Å²) < 4.78 is 32.5. The summed E-state index contributed by atoms with van der Waals surface area (Å²) in [6.07, 6.45) is 0. The minimum absolute atomic E-state index is 0.224. The quantitative estimate of drug-likeness (QED) is 0.726. The number of nitrogens with zero attached hydrogens (tertiary/aromatic N) is 3. The molecule has 0 bridgehead atoms. The lowest BCUT2D eigenvalue weighted by Gasteiger charge is -2.37. The number of benzene rings is 1. The standard InChI is InChI=1S/C18H26N4O5S/c1-3-27-15-4-6-16(7-5-15)28(25,26)21-12-10-20(11-13-21)14(2)17(23)22-9-8-19-18(22)24/h4-7,14H,3,8-13H2,1-2H3,(H,19,24)/t14-/m1/s1. The summed E-state index contributed by atoms with van der Waals surface area (Å²) in [4.78, 5) is 27.6. The van der Waals surface area contributed by atoms with Crippen molar-refractivity contribution in [1.82, 2.24) is 19.4 Å². The van der Waals surface area contributed by atoms with Gasteiger partial charge in [0.05, 0.1) is 17.5 Å². The molecule has 0 aliphatic carbocycles. The maximum Gasteiger partial charge on any atom is 0.324 e. The zero-order valence-electron chi connectivity index (χ0n) is 16.1. The third-order valence-electron chi connectivity index (χ3n) is 5.07. The summed E-state index contributed by atoms with van der Waals surface area (Å²) in [5.74, 6) is 0.377. The normalized spacial score (nSPS) is 20.1. The average Bonchev–Trinajstić information content (AvgIpc) is 3.13. The van der Waals surface area contributed by atoms with Crippen LogP contribution in [0.2, 0.25) is 0 Å². The minimum atomic E-state index is -3.60. The highest BCUT2D eigenvalue weighted by molar-refractivity contribution is 7.89. The van der Waals surface area contributed by atoms with Crippen molar-refractivity contribution in [2.75, 3.05) is 45.9 Å². The lowest BCUT2D eigenvalue weighted by molar-refractivity contribution is -0.133. The predicted octanol–water partition coefficient (Wildman–Crippen LogP) is 0.332. The first-order valence-corrected chi connectivity index (χ1v) is 10.8. The van der Waals surface area contributed by atoms with E-state index in [1.165, 1.54) is 9.21 Å². The van der Waals surface area contributed by atoms with Gasteiger partial charge in [-0.2, -0.15) is 4.31 Å². The molecule has 2 heterocycles. The van der Waals surface area contributed by atoms with Crippen LogP contribution in [0.25, 0.3) is 0 Å². The number of sulfonamides is 1. The Morgan fingerprint density at radius 3 is 2.32 bits per heavy atom. The Morgan fingerprint density at radius 2 is 1.79 bits per heavy atom. The molecule has 1 aromatic carbocycles. The topological polar surface area (TPSA) is 99.3 Å². The van der Waals surface area contributed by atoms with Crippen molar-refractivity contribution in [2.24, 2.45) is 0 Å². The lowest BCUT2D eigenvalue weighted by atomic mass is 10.2. The van der Waals surface area contributed by atoms with Gasteiger partial charge in [-0.15, -0.1) is 0 Å². The molecule has 0 aromatic heterocycles. The average molecular weight is 410 g/mol. The second-order valence-corrected chi connectivity index (χ2v) is 8.68. The smallest absolute Gasteiger partial charge is 0.324 e. The molecule has 0 unspecified atom stereocenters. The van der Waals surface area contributed by atoms with Crippen LogP contribution < -0.4 is 10.1 Å². The molecule has 3 amide bonds. The maximum atomic E-state index is 12.9. The van der Waals surface area contributed by atoms with Crippen molar-refractivity contribution in [3.63, 3.8) is 0 Å². The fraction of sp³-hybridized carbons (Fsp3) is 0.556. The van der Waals surface area contributed by atoms with Crippen LogP contribution in [0.3, 0.4) is 0 Å². The van der Waals surface area contributed by atoms with Gasteiger partial charge < -0.3 is 10.1 Å². The van der Waals surface area contributed by atoms with Crippen molar-refractivity contribution >= 4 is 22.0 Å². The molecule has 2 fully saturated rings. The van der Waals surface area contributed by atoms with E-state index < -0.39 is 16.1 Å². The molecule has 1 N–H and O–H groups in total. The molecule has 2 aliphatic heterocycles.